The molecule has 4 nitrogen and oxygen atoms in total. The minimum Gasteiger partial charge on any atom is -0.481 e. The van der Waals surface area contributed by atoms with Gasteiger partial charge in [-0.1, -0.05) is 26.7 Å². The Balaban J connectivity index is 2.79. The second kappa shape index (κ2) is 6.01. The third-order valence-corrected chi connectivity index (χ3v) is 3.95. The normalized spacial score (nSPS) is 24.8. The van der Waals surface area contributed by atoms with Crippen LogP contribution in [0.4, 0.5) is 13.2 Å². The van der Waals surface area contributed by atoms with E-state index in [1.807, 2.05) is 6.92 Å². The molecule has 20 heavy (non-hydrogen) atoms. The number of carboxylic acid groups (broad SMARTS) is 1. The minimum atomic E-state index is -4.85. The number of unbranched alkanes of at least 4 members (excludes halogenated alkanes) is 1. The first-order chi connectivity index (χ1) is 9.15. The Morgan fingerprint density at radius 1 is 1.40 bits per heavy atom. The molecule has 1 saturated heterocycles. The van der Waals surface area contributed by atoms with Gasteiger partial charge in [0.05, 0.1) is 0 Å². The first kappa shape index (κ1) is 16.8. The quantitative estimate of drug-likeness (QED) is 0.848. The van der Waals surface area contributed by atoms with Crippen LogP contribution >= 0.6 is 0 Å². The van der Waals surface area contributed by atoms with Gasteiger partial charge >= 0.3 is 12.1 Å². The third-order valence-electron chi connectivity index (χ3n) is 3.95. The average Bonchev–Trinajstić information content (AvgIpc) is 2.80. The molecule has 1 fully saturated rings. The van der Waals surface area contributed by atoms with E-state index in [0.717, 1.165) is 17.7 Å². The number of alkyl halides is 3. The van der Waals surface area contributed by atoms with Gasteiger partial charge in [-0.05, 0) is 12.8 Å². The molecule has 1 rings (SSSR count). The first-order valence-electron chi connectivity index (χ1n) is 6.74. The number of halogens is 3. The molecule has 0 saturated carbocycles. The SMILES string of the molecule is CCCCC(C)C(=O)N1CCC(C(=O)O)(C(F)(F)F)C1. The van der Waals surface area contributed by atoms with E-state index < -0.39 is 30.5 Å². The smallest absolute Gasteiger partial charge is 0.406 e. The van der Waals surface area contributed by atoms with Crippen molar-refractivity contribution in [2.45, 2.75) is 45.7 Å². The Kier molecular flexibility index (Phi) is 5.05. The number of rotatable bonds is 5. The van der Waals surface area contributed by atoms with Gasteiger partial charge < -0.3 is 10.0 Å². The second-order valence-corrected chi connectivity index (χ2v) is 5.44. The van der Waals surface area contributed by atoms with Crippen molar-refractivity contribution in [3.63, 3.8) is 0 Å². The topological polar surface area (TPSA) is 57.6 Å². The highest BCUT2D eigenvalue weighted by Crippen LogP contribution is 2.46. The lowest BCUT2D eigenvalue weighted by Gasteiger charge is -2.28. The number of aliphatic carboxylic acids is 1. The summed E-state index contributed by atoms with van der Waals surface area (Å²) in [4.78, 5) is 24.1. The highest BCUT2D eigenvalue weighted by Gasteiger charge is 2.64. The third kappa shape index (κ3) is 3.07. The van der Waals surface area contributed by atoms with Crippen LogP contribution in [0.3, 0.4) is 0 Å². The summed E-state index contributed by atoms with van der Waals surface area (Å²) in [7, 11) is 0. The molecule has 2 atom stereocenters. The van der Waals surface area contributed by atoms with E-state index in [9.17, 15) is 22.8 Å². The Labute approximate surface area is 115 Å². The van der Waals surface area contributed by atoms with Crippen molar-refractivity contribution >= 4 is 11.9 Å². The molecule has 0 aromatic rings. The monoisotopic (exact) mass is 295 g/mol. The van der Waals surface area contributed by atoms with E-state index in [-0.39, 0.29) is 18.4 Å². The number of hydrogen-bond acceptors (Lipinski definition) is 2. The van der Waals surface area contributed by atoms with Crippen LogP contribution in [-0.4, -0.2) is 41.1 Å². The molecule has 1 heterocycles. The lowest BCUT2D eigenvalue weighted by atomic mass is 9.86. The Morgan fingerprint density at radius 3 is 2.40 bits per heavy atom. The maximum Gasteiger partial charge on any atom is 0.406 e. The molecule has 116 valence electrons. The lowest BCUT2D eigenvalue weighted by Crippen LogP contribution is -2.48. The van der Waals surface area contributed by atoms with E-state index in [4.69, 9.17) is 5.11 Å². The van der Waals surface area contributed by atoms with Crippen molar-refractivity contribution in [2.24, 2.45) is 11.3 Å². The van der Waals surface area contributed by atoms with Gasteiger partial charge in [-0.15, -0.1) is 0 Å². The average molecular weight is 295 g/mol. The molecular formula is C13H20F3NO3. The van der Waals surface area contributed by atoms with E-state index in [1.54, 1.807) is 6.92 Å². The van der Waals surface area contributed by atoms with Crippen LogP contribution in [0.5, 0.6) is 0 Å². The molecule has 0 radical (unpaired) electrons. The predicted molar refractivity (Wildman–Crippen MR) is 66.0 cm³/mol. The van der Waals surface area contributed by atoms with Gasteiger partial charge in [-0.2, -0.15) is 13.2 Å². The number of carbonyl (C=O) groups is 2. The maximum absolute atomic E-state index is 13.0. The Hall–Kier alpha value is -1.27. The maximum atomic E-state index is 13.0. The Morgan fingerprint density at radius 2 is 2.00 bits per heavy atom. The molecular weight excluding hydrogens is 275 g/mol. The highest BCUT2D eigenvalue weighted by atomic mass is 19.4. The molecule has 2 unspecified atom stereocenters. The van der Waals surface area contributed by atoms with Gasteiger partial charge in [0.2, 0.25) is 5.91 Å². The largest absolute Gasteiger partial charge is 0.481 e. The fraction of sp³-hybridized carbons (Fsp3) is 0.846. The predicted octanol–water partition coefficient (Wildman–Crippen LogP) is 2.68. The molecule has 0 aliphatic carbocycles. The first-order valence-corrected chi connectivity index (χ1v) is 6.74. The van der Waals surface area contributed by atoms with Gasteiger partial charge in [0.15, 0.2) is 5.41 Å². The number of hydrogen-bond donors (Lipinski definition) is 1. The van der Waals surface area contributed by atoms with Gasteiger partial charge in [0, 0.05) is 19.0 Å². The second-order valence-electron chi connectivity index (χ2n) is 5.44. The van der Waals surface area contributed by atoms with Gasteiger partial charge in [0.25, 0.3) is 0 Å². The van der Waals surface area contributed by atoms with E-state index >= 15 is 0 Å². The summed E-state index contributed by atoms with van der Waals surface area (Å²) in [6.45, 7) is 2.71. The number of nitrogens with zero attached hydrogens (tertiary/aromatic N) is 1. The van der Waals surface area contributed by atoms with Crippen molar-refractivity contribution < 1.29 is 27.9 Å². The van der Waals surface area contributed by atoms with Crippen LogP contribution in [0, 0.1) is 11.3 Å². The van der Waals surface area contributed by atoms with Gasteiger partial charge in [0.1, 0.15) is 0 Å². The van der Waals surface area contributed by atoms with Crippen molar-refractivity contribution in [3.8, 4) is 0 Å². The Bertz CT molecular complexity index is 384. The molecule has 1 aliphatic heterocycles. The van der Waals surface area contributed by atoms with Crippen LogP contribution in [0.2, 0.25) is 0 Å². The number of amides is 1. The molecule has 1 N–H and O–H groups in total. The molecule has 1 amide bonds. The fourth-order valence-electron chi connectivity index (χ4n) is 2.47. The summed E-state index contributed by atoms with van der Waals surface area (Å²) >= 11 is 0. The lowest BCUT2D eigenvalue weighted by molar-refractivity contribution is -0.227. The van der Waals surface area contributed by atoms with Crippen molar-refractivity contribution in [1.29, 1.82) is 0 Å². The molecule has 0 aromatic carbocycles. The summed E-state index contributed by atoms with van der Waals surface area (Å²) in [6.07, 6.45) is -3.08. The summed E-state index contributed by atoms with van der Waals surface area (Å²) in [5.74, 6) is -2.65. The van der Waals surface area contributed by atoms with E-state index in [0.29, 0.717) is 6.42 Å². The fourth-order valence-corrected chi connectivity index (χ4v) is 2.47. The van der Waals surface area contributed by atoms with E-state index in [2.05, 4.69) is 0 Å². The van der Waals surface area contributed by atoms with E-state index in [1.165, 1.54) is 0 Å². The number of carboxylic acids is 1. The van der Waals surface area contributed by atoms with Crippen LogP contribution in [0.15, 0.2) is 0 Å². The summed E-state index contributed by atoms with van der Waals surface area (Å²) in [6, 6.07) is 0. The van der Waals surface area contributed by atoms with Crippen LogP contribution in [-0.2, 0) is 9.59 Å². The van der Waals surface area contributed by atoms with Crippen LogP contribution < -0.4 is 0 Å². The standard InChI is InChI=1S/C13H20F3NO3/c1-3-4-5-9(2)10(18)17-7-6-12(8-17,11(19)20)13(14,15)16/h9H,3-8H2,1-2H3,(H,19,20). The summed E-state index contributed by atoms with van der Waals surface area (Å²) < 4.78 is 39.0. The molecule has 7 heteroatoms. The molecule has 0 aromatic heterocycles. The zero-order valence-corrected chi connectivity index (χ0v) is 11.7. The molecule has 1 aliphatic rings. The minimum absolute atomic E-state index is 0.152. The van der Waals surface area contributed by atoms with Gasteiger partial charge in [-0.3, -0.25) is 9.59 Å². The highest BCUT2D eigenvalue weighted by molar-refractivity contribution is 5.82. The van der Waals surface area contributed by atoms with Crippen LogP contribution in [0.1, 0.15) is 39.5 Å². The number of likely N-dealkylation sites (tertiary alicyclic amines) is 1. The van der Waals surface area contributed by atoms with Crippen molar-refractivity contribution in [2.75, 3.05) is 13.1 Å². The summed E-state index contributed by atoms with van der Waals surface area (Å²) in [5.41, 5.74) is -2.81. The van der Waals surface area contributed by atoms with Crippen molar-refractivity contribution in [1.82, 2.24) is 4.90 Å². The number of carbonyl (C=O) groups excluding carboxylic acids is 1. The molecule has 0 bridgehead atoms. The van der Waals surface area contributed by atoms with Crippen molar-refractivity contribution in [3.05, 3.63) is 0 Å². The van der Waals surface area contributed by atoms with Crippen LogP contribution in [0.25, 0.3) is 0 Å². The summed E-state index contributed by atoms with van der Waals surface area (Å²) in [5, 5.41) is 8.92. The van der Waals surface area contributed by atoms with Gasteiger partial charge in [-0.25, -0.2) is 0 Å². The zero-order chi connectivity index (χ0) is 15.6. The molecule has 0 spiro atoms. The zero-order valence-electron chi connectivity index (χ0n) is 11.7.